The first-order chi connectivity index (χ1) is 9.22. The molecule has 2 atom stereocenters. The molecule has 2 rings (SSSR count). The molecule has 19 heavy (non-hydrogen) atoms. The Morgan fingerprint density at radius 1 is 1.32 bits per heavy atom. The van der Waals surface area contributed by atoms with E-state index in [4.69, 9.17) is 11.6 Å². The average molecular weight is 280 g/mol. The topological polar surface area (TPSA) is 29.1 Å². The number of halogens is 1. The quantitative estimate of drug-likeness (QED) is 0.835. The first-order valence-electron chi connectivity index (χ1n) is 7.22. The van der Waals surface area contributed by atoms with Crippen molar-refractivity contribution in [1.82, 2.24) is 5.32 Å². The number of amides is 1. The van der Waals surface area contributed by atoms with E-state index in [1.54, 1.807) is 0 Å². The molecule has 1 saturated carbocycles. The van der Waals surface area contributed by atoms with Crippen molar-refractivity contribution in [3.8, 4) is 0 Å². The highest BCUT2D eigenvalue weighted by atomic mass is 35.5. The minimum Gasteiger partial charge on any atom is -0.352 e. The van der Waals surface area contributed by atoms with Crippen molar-refractivity contribution in [3.63, 3.8) is 0 Å². The lowest BCUT2D eigenvalue weighted by Crippen LogP contribution is -2.35. The van der Waals surface area contributed by atoms with Crippen LogP contribution >= 0.6 is 11.6 Å². The number of carbonyl (C=O) groups is 1. The summed E-state index contributed by atoms with van der Waals surface area (Å²) >= 11 is 6.32. The maximum atomic E-state index is 12.2. The molecule has 0 bridgehead atoms. The monoisotopic (exact) mass is 279 g/mol. The zero-order valence-corrected chi connectivity index (χ0v) is 12.2. The second kappa shape index (κ2) is 6.95. The average Bonchev–Trinajstić information content (AvgIpc) is 2.46. The number of alkyl halides is 1. The molecule has 2 nitrogen and oxygen atoms in total. The lowest BCUT2D eigenvalue weighted by atomic mass is 9.88. The van der Waals surface area contributed by atoms with Gasteiger partial charge >= 0.3 is 0 Å². The standard InChI is InChI=1S/C16H22ClNO/c1-2-12-7-3-5-9-14(12)16(19)18-11-13-8-4-6-10-15(13)17/h3,5,7,9,13,15H,2,4,6,8,10-11H2,1H3,(H,18,19). The van der Waals surface area contributed by atoms with Gasteiger partial charge in [-0.1, -0.05) is 38.0 Å². The van der Waals surface area contributed by atoms with Gasteiger partial charge in [-0.15, -0.1) is 11.6 Å². The molecule has 1 N–H and O–H groups in total. The van der Waals surface area contributed by atoms with Crippen LogP contribution in [0.2, 0.25) is 0 Å². The number of benzene rings is 1. The maximum Gasteiger partial charge on any atom is 0.251 e. The molecule has 0 aliphatic heterocycles. The number of aryl methyl sites for hydroxylation is 1. The summed E-state index contributed by atoms with van der Waals surface area (Å²) in [6.07, 6.45) is 5.54. The lowest BCUT2D eigenvalue weighted by Gasteiger charge is -2.27. The van der Waals surface area contributed by atoms with Crippen molar-refractivity contribution < 1.29 is 4.79 Å². The lowest BCUT2D eigenvalue weighted by molar-refractivity contribution is 0.0943. The number of nitrogens with one attached hydrogen (secondary N) is 1. The molecule has 3 heteroatoms. The number of rotatable bonds is 4. The third-order valence-corrected chi connectivity index (χ3v) is 4.56. The summed E-state index contributed by atoms with van der Waals surface area (Å²) < 4.78 is 0. The van der Waals surface area contributed by atoms with Crippen molar-refractivity contribution in [1.29, 1.82) is 0 Å². The Hall–Kier alpha value is -1.02. The van der Waals surface area contributed by atoms with Crippen LogP contribution in [0.4, 0.5) is 0 Å². The van der Waals surface area contributed by atoms with Crippen molar-refractivity contribution >= 4 is 17.5 Å². The third kappa shape index (κ3) is 3.73. The fourth-order valence-electron chi connectivity index (χ4n) is 2.76. The zero-order valence-electron chi connectivity index (χ0n) is 11.5. The molecule has 0 spiro atoms. The van der Waals surface area contributed by atoms with Crippen molar-refractivity contribution in [2.45, 2.75) is 44.4 Å². The van der Waals surface area contributed by atoms with Gasteiger partial charge in [0.05, 0.1) is 0 Å². The highest BCUT2D eigenvalue weighted by Gasteiger charge is 2.23. The largest absolute Gasteiger partial charge is 0.352 e. The van der Waals surface area contributed by atoms with E-state index in [0.717, 1.165) is 30.4 Å². The van der Waals surface area contributed by atoms with Crippen LogP contribution in [-0.4, -0.2) is 17.8 Å². The van der Waals surface area contributed by atoms with Gasteiger partial charge < -0.3 is 5.32 Å². The predicted molar refractivity (Wildman–Crippen MR) is 79.8 cm³/mol. The number of carbonyl (C=O) groups excluding carboxylic acids is 1. The summed E-state index contributed by atoms with van der Waals surface area (Å²) in [6.45, 7) is 2.77. The second-order valence-electron chi connectivity index (χ2n) is 5.28. The molecule has 0 radical (unpaired) electrons. The van der Waals surface area contributed by atoms with Crippen LogP contribution in [0.15, 0.2) is 24.3 Å². The number of hydrogen-bond acceptors (Lipinski definition) is 1. The first-order valence-corrected chi connectivity index (χ1v) is 7.66. The molecular weight excluding hydrogens is 258 g/mol. The zero-order chi connectivity index (χ0) is 13.7. The first kappa shape index (κ1) is 14.4. The molecule has 0 saturated heterocycles. The molecule has 0 heterocycles. The van der Waals surface area contributed by atoms with Gasteiger partial charge in [0.25, 0.3) is 5.91 Å². The van der Waals surface area contributed by atoms with Crippen LogP contribution in [-0.2, 0) is 6.42 Å². The Kier molecular flexibility index (Phi) is 5.26. The Balaban J connectivity index is 1.93. The van der Waals surface area contributed by atoms with Gasteiger partial charge in [0.2, 0.25) is 0 Å². The molecule has 0 aromatic heterocycles. The van der Waals surface area contributed by atoms with Crippen LogP contribution in [0.25, 0.3) is 0 Å². The normalized spacial score (nSPS) is 23.1. The Labute approximate surface area is 120 Å². The highest BCUT2D eigenvalue weighted by molar-refractivity contribution is 6.20. The fourth-order valence-corrected chi connectivity index (χ4v) is 3.13. The highest BCUT2D eigenvalue weighted by Crippen LogP contribution is 2.28. The van der Waals surface area contributed by atoms with Crippen LogP contribution in [0.5, 0.6) is 0 Å². The van der Waals surface area contributed by atoms with Gasteiger partial charge in [0.15, 0.2) is 0 Å². The SMILES string of the molecule is CCc1ccccc1C(=O)NCC1CCCCC1Cl. The van der Waals surface area contributed by atoms with Gasteiger partial charge in [0, 0.05) is 17.5 Å². The Morgan fingerprint density at radius 2 is 2.05 bits per heavy atom. The van der Waals surface area contributed by atoms with E-state index in [2.05, 4.69) is 12.2 Å². The summed E-state index contributed by atoms with van der Waals surface area (Å²) in [5.41, 5.74) is 1.90. The van der Waals surface area contributed by atoms with Crippen LogP contribution in [0, 0.1) is 5.92 Å². The van der Waals surface area contributed by atoms with E-state index in [9.17, 15) is 4.79 Å². The van der Waals surface area contributed by atoms with Crippen molar-refractivity contribution in [3.05, 3.63) is 35.4 Å². The molecule has 1 aromatic carbocycles. The summed E-state index contributed by atoms with van der Waals surface area (Å²) in [6, 6.07) is 7.80. The Bertz CT molecular complexity index is 433. The summed E-state index contributed by atoms with van der Waals surface area (Å²) in [5, 5.41) is 3.27. The number of hydrogen-bond donors (Lipinski definition) is 1. The van der Waals surface area contributed by atoms with Crippen molar-refractivity contribution in [2.24, 2.45) is 5.92 Å². The Morgan fingerprint density at radius 3 is 2.79 bits per heavy atom. The molecule has 1 aromatic rings. The van der Waals surface area contributed by atoms with Crippen molar-refractivity contribution in [2.75, 3.05) is 6.54 Å². The maximum absolute atomic E-state index is 12.2. The molecule has 1 aliphatic carbocycles. The minimum absolute atomic E-state index is 0.0342. The predicted octanol–water partition coefficient (Wildman–Crippen LogP) is 3.78. The summed E-state index contributed by atoms with van der Waals surface area (Å²) in [7, 11) is 0. The summed E-state index contributed by atoms with van der Waals surface area (Å²) in [5.74, 6) is 0.458. The molecular formula is C16H22ClNO. The molecule has 1 amide bonds. The fraction of sp³-hybridized carbons (Fsp3) is 0.562. The van der Waals surface area contributed by atoms with Gasteiger partial charge in [-0.2, -0.15) is 0 Å². The molecule has 1 fully saturated rings. The molecule has 104 valence electrons. The van der Waals surface area contributed by atoms with E-state index in [-0.39, 0.29) is 11.3 Å². The van der Waals surface area contributed by atoms with E-state index in [1.807, 2.05) is 24.3 Å². The summed E-state index contributed by atoms with van der Waals surface area (Å²) in [4.78, 5) is 12.2. The second-order valence-corrected chi connectivity index (χ2v) is 5.84. The molecule has 2 unspecified atom stereocenters. The molecule has 1 aliphatic rings. The van der Waals surface area contributed by atoms with Gasteiger partial charge in [-0.3, -0.25) is 4.79 Å². The van der Waals surface area contributed by atoms with Crippen LogP contribution in [0.3, 0.4) is 0 Å². The van der Waals surface area contributed by atoms with Gasteiger partial charge in [-0.05, 0) is 36.8 Å². The minimum atomic E-state index is 0.0342. The van der Waals surface area contributed by atoms with E-state index in [1.165, 1.54) is 12.8 Å². The van der Waals surface area contributed by atoms with Crippen LogP contribution in [0.1, 0.15) is 48.5 Å². The van der Waals surface area contributed by atoms with E-state index >= 15 is 0 Å². The third-order valence-electron chi connectivity index (χ3n) is 3.98. The smallest absolute Gasteiger partial charge is 0.251 e. The van der Waals surface area contributed by atoms with E-state index in [0.29, 0.717) is 12.5 Å². The van der Waals surface area contributed by atoms with Gasteiger partial charge in [0.1, 0.15) is 0 Å². The van der Waals surface area contributed by atoms with Crippen LogP contribution < -0.4 is 5.32 Å². The van der Waals surface area contributed by atoms with Gasteiger partial charge in [-0.25, -0.2) is 0 Å². The van der Waals surface area contributed by atoms with E-state index < -0.39 is 0 Å².